The molecule has 0 saturated carbocycles. The van der Waals surface area contributed by atoms with Gasteiger partial charge in [0, 0.05) is 5.56 Å². The van der Waals surface area contributed by atoms with Crippen molar-refractivity contribution in [2.75, 3.05) is 7.11 Å². The highest BCUT2D eigenvalue weighted by molar-refractivity contribution is 5.41. The Morgan fingerprint density at radius 1 is 0.913 bits per heavy atom. The molecule has 0 fully saturated rings. The van der Waals surface area contributed by atoms with E-state index in [1.807, 2.05) is 0 Å². The van der Waals surface area contributed by atoms with Gasteiger partial charge in [0.15, 0.2) is 0 Å². The number of hydrogen-bond acceptors (Lipinski definition) is 2. The van der Waals surface area contributed by atoms with E-state index in [9.17, 15) is 18.3 Å². The van der Waals surface area contributed by atoms with E-state index in [-0.39, 0.29) is 0 Å². The van der Waals surface area contributed by atoms with Crippen molar-refractivity contribution >= 4 is 0 Å². The van der Waals surface area contributed by atoms with Gasteiger partial charge in [-0.3, -0.25) is 0 Å². The lowest BCUT2D eigenvalue weighted by atomic mass is 9.96. The zero-order valence-corrected chi connectivity index (χ0v) is 12.6. The van der Waals surface area contributed by atoms with Crippen LogP contribution in [0.5, 0.6) is 5.75 Å². The Balaban J connectivity index is 2.21. The van der Waals surface area contributed by atoms with Crippen molar-refractivity contribution in [1.29, 1.82) is 0 Å². The largest absolute Gasteiger partial charge is 0.497 e. The second kappa shape index (κ2) is 6.35. The lowest BCUT2D eigenvalue weighted by Crippen LogP contribution is -2.18. The Bertz CT molecular complexity index is 718. The fourth-order valence-corrected chi connectivity index (χ4v) is 1.92. The number of hydrogen-bond donors (Lipinski definition) is 1. The van der Waals surface area contributed by atoms with Crippen molar-refractivity contribution in [3.8, 4) is 17.6 Å². The Labute approximate surface area is 132 Å². The van der Waals surface area contributed by atoms with Crippen LogP contribution in [0.1, 0.15) is 23.6 Å². The van der Waals surface area contributed by atoms with Crippen LogP contribution in [0.15, 0.2) is 48.5 Å². The van der Waals surface area contributed by atoms with Crippen LogP contribution in [0.3, 0.4) is 0 Å². The third-order valence-corrected chi connectivity index (χ3v) is 3.31. The molecule has 0 amide bonds. The highest BCUT2D eigenvalue weighted by Crippen LogP contribution is 2.29. The Morgan fingerprint density at radius 2 is 1.43 bits per heavy atom. The minimum atomic E-state index is -4.37. The van der Waals surface area contributed by atoms with E-state index in [0.29, 0.717) is 16.9 Å². The molecule has 0 aliphatic heterocycles. The summed E-state index contributed by atoms with van der Waals surface area (Å²) in [6.45, 7) is 1.52. The molecule has 5 heteroatoms. The Kier molecular flexibility index (Phi) is 4.67. The molecule has 1 atom stereocenters. The molecule has 0 aliphatic rings. The minimum Gasteiger partial charge on any atom is -0.497 e. The van der Waals surface area contributed by atoms with Crippen molar-refractivity contribution in [2.24, 2.45) is 0 Å². The normalized spacial score (nSPS) is 13.7. The molecule has 1 unspecified atom stereocenters. The number of methoxy groups -OCH3 is 1. The number of rotatable bonds is 2. The van der Waals surface area contributed by atoms with Crippen LogP contribution in [0, 0.1) is 11.8 Å². The van der Waals surface area contributed by atoms with Gasteiger partial charge >= 0.3 is 6.18 Å². The second-order valence-electron chi connectivity index (χ2n) is 5.13. The predicted octanol–water partition coefficient (Wildman–Crippen LogP) is 3.97. The van der Waals surface area contributed by atoms with Crippen LogP contribution in [-0.4, -0.2) is 12.2 Å². The average Bonchev–Trinajstić information content (AvgIpc) is 2.53. The van der Waals surface area contributed by atoms with E-state index in [1.165, 1.54) is 26.2 Å². The molecule has 0 heterocycles. The van der Waals surface area contributed by atoms with Crippen LogP contribution in [-0.2, 0) is 11.8 Å². The third kappa shape index (κ3) is 4.27. The van der Waals surface area contributed by atoms with Gasteiger partial charge < -0.3 is 9.84 Å². The molecule has 0 aliphatic carbocycles. The number of ether oxygens (including phenoxy) is 1. The molecule has 1 N–H and O–H groups in total. The second-order valence-corrected chi connectivity index (χ2v) is 5.13. The summed E-state index contributed by atoms with van der Waals surface area (Å²) in [7, 11) is 1.54. The van der Waals surface area contributed by atoms with Crippen LogP contribution in [0.2, 0.25) is 0 Å². The van der Waals surface area contributed by atoms with E-state index < -0.39 is 17.3 Å². The Hall–Kier alpha value is -2.45. The summed E-state index contributed by atoms with van der Waals surface area (Å²) in [5.74, 6) is 6.02. The summed E-state index contributed by atoms with van der Waals surface area (Å²) >= 11 is 0. The standard InChI is InChI=1S/C18H15F3O2/c1-17(22,14-7-9-16(23-2)10-8-14)12-11-13-3-5-15(6-4-13)18(19,20)21/h3-10,22H,1-2H3. The summed E-state index contributed by atoms with van der Waals surface area (Å²) in [6, 6.07) is 11.2. The summed E-state index contributed by atoms with van der Waals surface area (Å²) < 4.78 is 42.5. The lowest BCUT2D eigenvalue weighted by molar-refractivity contribution is -0.137. The van der Waals surface area contributed by atoms with Crippen molar-refractivity contribution in [1.82, 2.24) is 0 Å². The van der Waals surface area contributed by atoms with E-state index >= 15 is 0 Å². The van der Waals surface area contributed by atoms with Gasteiger partial charge in [-0.1, -0.05) is 24.0 Å². The highest BCUT2D eigenvalue weighted by atomic mass is 19.4. The molecule has 23 heavy (non-hydrogen) atoms. The summed E-state index contributed by atoms with van der Waals surface area (Å²) in [6.07, 6.45) is -4.37. The average molecular weight is 320 g/mol. The highest BCUT2D eigenvalue weighted by Gasteiger charge is 2.29. The van der Waals surface area contributed by atoms with Gasteiger partial charge in [0.2, 0.25) is 0 Å². The molecular weight excluding hydrogens is 305 g/mol. The maximum Gasteiger partial charge on any atom is 0.416 e. The van der Waals surface area contributed by atoms with E-state index in [1.54, 1.807) is 24.3 Å². The molecule has 0 bridgehead atoms. The van der Waals surface area contributed by atoms with E-state index in [0.717, 1.165) is 12.1 Å². The molecular formula is C18H15F3O2. The monoisotopic (exact) mass is 320 g/mol. The van der Waals surface area contributed by atoms with Gasteiger partial charge in [0.1, 0.15) is 11.4 Å². The maximum atomic E-state index is 12.5. The molecule has 0 saturated heterocycles. The first-order valence-electron chi connectivity index (χ1n) is 6.80. The smallest absolute Gasteiger partial charge is 0.416 e. The first-order chi connectivity index (χ1) is 10.7. The molecule has 2 rings (SSSR count). The summed E-state index contributed by atoms with van der Waals surface area (Å²) in [5.41, 5.74) is -1.19. The lowest BCUT2D eigenvalue weighted by Gasteiger charge is -2.17. The van der Waals surface area contributed by atoms with Gasteiger partial charge in [-0.2, -0.15) is 13.2 Å². The van der Waals surface area contributed by atoms with Gasteiger partial charge in [0.25, 0.3) is 0 Å². The van der Waals surface area contributed by atoms with Crippen molar-refractivity contribution in [3.63, 3.8) is 0 Å². The van der Waals surface area contributed by atoms with Gasteiger partial charge in [-0.15, -0.1) is 0 Å². The molecule has 0 aromatic heterocycles. The van der Waals surface area contributed by atoms with Crippen LogP contribution < -0.4 is 4.74 Å². The molecule has 2 aromatic rings. The van der Waals surface area contributed by atoms with E-state index in [2.05, 4.69) is 11.8 Å². The molecule has 0 spiro atoms. The maximum absolute atomic E-state index is 12.5. The molecule has 2 aromatic carbocycles. The van der Waals surface area contributed by atoms with Crippen molar-refractivity contribution < 1.29 is 23.0 Å². The Morgan fingerprint density at radius 3 is 1.91 bits per heavy atom. The molecule has 120 valence electrons. The topological polar surface area (TPSA) is 29.5 Å². The predicted molar refractivity (Wildman–Crippen MR) is 80.9 cm³/mol. The van der Waals surface area contributed by atoms with Crippen molar-refractivity contribution in [3.05, 3.63) is 65.2 Å². The van der Waals surface area contributed by atoms with Gasteiger partial charge in [0.05, 0.1) is 12.7 Å². The molecule has 2 nitrogen and oxygen atoms in total. The zero-order chi connectivity index (χ0) is 17.1. The number of halogens is 3. The van der Waals surface area contributed by atoms with Crippen molar-refractivity contribution in [2.45, 2.75) is 18.7 Å². The van der Waals surface area contributed by atoms with Gasteiger partial charge in [-0.05, 0) is 48.9 Å². The van der Waals surface area contributed by atoms with Gasteiger partial charge in [-0.25, -0.2) is 0 Å². The van der Waals surface area contributed by atoms with E-state index in [4.69, 9.17) is 4.74 Å². The fraction of sp³-hybridized carbons (Fsp3) is 0.222. The van der Waals surface area contributed by atoms with Crippen LogP contribution in [0.25, 0.3) is 0 Å². The molecule has 0 radical (unpaired) electrons. The zero-order valence-electron chi connectivity index (χ0n) is 12.6. The SMILES string of the molecule is COc1ccc(C(C)(O)C#Cc2ccc(C(F)(F)F)cc2)cc1. The first kappa shape index (κ1) is 16.9. The first-order valence-corrected chi connectivity index (χ1v) is 6.80. The number of benzene rings is 2. The third-order valence-electron chi connectivity index (χ3n) is 3.31. The van der Waals surface area contributed by atoms with Crippen LogP contribution in [0.4, 0.5) is 13.2 Å². The quantitative estimate of drug-likeness (QED) is 0.848. The number of aliphatic hydroxyl groups is 1. The fourth-order valence-electron chi connectivity index (χ4n) is 1.92. The number of alkyl halides is 3. The van der Waals surface area contributed by atoms with Crippen LogP contribution >= 0.6 is 0 Å². The minimum absolute atomic E-state index is 0.395. The summed E-state index contributed by atoms with van der Waals surface area (Å²) in [5, 5.41) is 10.4. The summed E-state index contributed by atoms with van der Waals surface area (Å²) in [4.78, 5) is 0.